The average molecular weight is 304 g/mol. The smallest absolute Gasteiger partial charge is 0.204 e. The van der Waals surface area contributed by atoms with Crippen LogP contribution in [0, 0.1) is 12.7 Å². The maximum absolute atomic E-state index is 3.39. The van der Waals surface area contributed by atoms with Crippen LogP contribution in [0.1, 0.15) is 6.42 Å². The highest BCUT2D eigenvalue weighted by atomic mass is 15.1. The third-order valence-electron chi connectivity index (χ3n) is 4.37. The van der Waals surface area contributed by atoms with Crippen molar-refractivity contribution in [2.75, 3.05) is 0 Å². The Hall–Kier alpha value is -2.62. The molecule has 23 heavy (non-hydrogen) atoms. The first kappa shape index (κ1) is 14.0. The van der Waals surface area contributed by atoms with Gasteiger partial charge >= 0.3 is 0 Å². The fraction of sp³-hybridized carbons (Fsp3) is 0.263. The lowest BCUT2D eigenvalue weighted by atomic mass is 10.3. The fourth-order valence-electron chi connectivity index (χ4n) is 3.26. The maximum atomic E-state index is 3.39. The number of imidazole rings is 2. The molecular formula is C19H20N4. The van der Waals surface area contributed by atoms with Crippen LogP contribution in [0.3, 0.4) is 0 Å². The molecule has 0 spiro atoms. The van der Waals surface area contributed by atoms with Crippen molar-refractivity contribution in [3.63, 3.8) is 0 Å². The number of hydrogen-bond acceptors (Lipinski definition) is 0. The molecule has 4 heteroatoms. The SMILES string of the molecule is Cn1[c-][n+](CCC[n+]2[c-]n(C)c3ccccc32)c2ccccc21. The molecule has 0 bridgehead atoms. The highest BCUT2D eigenvalue weighted by Gasteiger charge is 2.06. The number of hydrogen-bond donors (Lipinski definition) is 0. The van der Waals surface area contributed by atoms with Crippen LogP contribution in [-0.2, 0) is 27.2 Å². The predicted octanol–water partition coefficient (Wildman–Crippen LogP) is 1.94. The van der Waals surface area contributed by atoms with Gasteiger partial charge in [-0.05, 0) is 0 Å². The van der Waals surface area contributed by atoms with Gasteiger partial charge in [-0.2, -0.15) is 0 Å². The molecule has 0 atom stereocenters. The molecule has 4 rings (SSSR count). The third kappa shape index (κ3) is 2.40. The molecule has 0 aliphatic heterocycles. The van der Waals surface area contributed by atoms with E-state index in [9.17, 15) is 0 Å². The quantitative estimate of drug-likeness (QED) is 0.405. The van der Waals surface area contributed by atoms with Gasteiger partial charge in [-0.3, -0.25) is 0 Å². The van der Waals surface area contributed by atoms with E-state index in [4.69, 9.17) is 0 Å². The van der Waals surface area contributed by atoms with Crippen molar-refractivity contribution in [2.45, 2.75) is 19.5 Å². The summed E-state index contributed by atoms with van der Waals surface area (Å²) in [6.07, 6.45) is 7.83. The summed E-state index contributed by atoms with van der Waals surface area (Å²) in [6, 6.07) is 16.9. The van der Waals surface area contributed by atoms with Gasteiger partial charge in [0.1, 0.15) is 0 Å². The Labute approximate surface area is 135 Å². The summed E-state index contributed by atoms with van der Waals surface area (Å²) >= 11 is 0. The van der Waals surface area contributed by atoms with E-state index < -0.39 is 0 Å². The van der Waals surface area contributed by atoms with Crippen LogP contribution in [0.5, 0.6) is 0 Å². The van der Waals surface area contributed by atoms with Crippen LogP contribution in [0.15, 0.2) is 48.5 Å². The largest absolute Gasteiger partial charge is 0.347 e. The number of aryl methyl sites for hydroxylation is 4. The molecule has 2 aromatic carbocycles. The first-order valence-corrected chi connectivity index (χ1v) is 7.97. The molecule has 0 aliphatic rings. The Morgan fingerprint density at radius 2 is 1.17 bits per heavy atom. The Balaban J connectivity index is 1.55. The molecule has 4 nitrogen and oxygen atoms in total. The number of aromatic nitrogens is 4. The zero-order valence-corrected chi connectivity index (χ0v) is 13.5. The summed E-state index contributed by atoms with van der Waals surface area (Å²) in [7, 11) is 4.10. The van der Waals surface area contributed by atoms with Crippen molar-refractivity contribution in [1.29, 1.82) is 0 Å². The summed E-state index contributed by atoms with van der Waals surface area (Å²) in [5, 5.41) is 0. The van der Waals surface area contributed by atoms with Crippen LogP contribution in [-0.4, -0.2) is 9.13 Å². The minimum Gasteiger partial charge on any atom is -0.347 e. The van der Waals surface area contributed by atoms with Gasteiger partial charge in [0, 0.05) is 28.5 Å². The number of rotatable bonds is 4. The summed E-state index contributed by atoms with van der Waals surface area (Å²) in [4.78, 5) is 0. The highest BCUT2D eigenvalue weighted by molar-refractivity contribution is 5.71. The molecular weight excluding hydrogens is 284 g/mol. The summed E-state index contributed by atoms with van der Waals surface area (Å²) in [5.74, 6) is 0. The zero-order valence-electron chi connectivity index (χ0n) is 13.5. The molecule has 0 unspecified atom stereocenters. The molecule has 0 saturated heterocycles. The van der Waals surface area contributed by atoms with Crippen molar-refractivity contribution >= 4 is 22.1 Å². The van der Waals surface area contributed by atoms with E-state index in [0.717, 1.165) is 19.5 Å². The van der Waals surface area contributed by atoms with Crippen LogP contribution in [0.25, 0.3) is 22.1 Å². The van der Waals surface area contributed by atoms with E-state index in [1.807, 2.05) is 14.1 Å². The van der Waals surface area contributed by atoms with Crippen LogP contribution in [0.2, 0.25) is 0 Å². The normalized spacial score (nSPS) is 11.6. The molecule has 0 radical (unpaired) electrons. The third-order valence-corrected chi connectivity index (χ3v) is 4.37. The number of benzene rings is 2. The second-order valence-corrected chi connectivity index (χ2v) is 5.95. The summed E-state index contributed by atoms with van der Waals surface area (Å²) in [5.41, 5.74) is 4.91. The zero-order chi connectivity index (χ0) is 15.8. The van der Waals surface area contributed by atoms with Crippen LogP contribution < -0.4 is 9.13 Å². The predicted molar refractivity (Wildman–Crippen MR) is 88.5 cm³/mol. The van der Waals surface area contributed by atoms with Gasteiger partial charge in [0.05, 0.1) is 27.2 Å². The molecule has 2 aromatic heterocycles. The number of para-hydroxylation sites is 4. The molecule has 2 heterocycles. The summed E-state index contributed by atoms with van der Waals surface area (Å²) in [6.45, 7) is 1.90. The van der Waals surface area contributed by atoms with Gasteiger partial charge in [0.25, 0.3) is 0 Å². The standard InChI is InChI=1S/C19H20N4/c1-20-14-22(18-10-5-3-8-16(18)20)12-7-13-23-15-21(2)17-9-4-6-11-19(17)23/h3-6,8-11H,7,12-13H2,1-2H3. The van der Waals surface area contributed by atoms with Gasteiger partial charge in [0.15, 0.2) is 0 Å². The topological polar surface area (TPSA) is 17.6 Å². The first-order chi connectivity index (χ1) is 11.2. The van der Waals surface area contributed by atoms with Gasteiger partial charge in [-0.1, -0.05) is 48.5 Å². The lowest BCUT2D eigenvalue weighted by molar-refractivity contribution is -0.707. The van der Waals surface area contributed by atoms with Gasteiger partial charge in [-0.15, -0.1) is 0 Å². The minimum atomic E-state index is 0.950. The second-order valence-electron chi connectivity index (χ2n) is 5.95. The molecule has 0 aliphatic carbocycles. The van der Waals surface area contributed by atoms with E-state index in [0.29, 0.717) is 0 Å². The van der Waals surface area contributed by atoms with E-state index in [1.54, 1.807) is 0 Å². The fourth-order valence-corrected chi connectivity index (χ4v) is 3.26. The van der Waals surface area contributed by atoms with Gasteiger partial charge < -0.3 is 18.3 Å². The first-order valence-electron chi connectivity index (χ1n) is 7.97. The number of fused-ring (bicyclic) bond motifs is 2. The van der Waals surface area contributed by atoms with E-state index in [2.05, 4.69) is 79.5 Å². The van der Waals surface area contributed by atoms with E-state index >= 15 is 0 Å². The second kappa shape index (κ2) is 5.54. The molecule has 4 aromatic rings. The van der Waals surface area contributed by atoms with E-state index in [1.165, 1.54) is 22.1 Å². The molecule has 0 fully saturated rings. The minimum absolute atomic E-state index is 0.950. The Morgan fingerprint density at radius 3 is 1.65 bits per heavy atom. The molecule has 0 amide bonds. The maximum Gasteiger partial charge on any atom is 0.204 e. The Bertz CT molecular complexity index is 898. The lowest BCUT2D eigenvalue weighted by Gasteiger charge is -2.06. The van der Waals surface area contributed by atoms with Gasteiger partial charge in [-0.25, -0.2) is 0 Å². The monoisotopic (exact) mass is 304 g/mol. The van der Waals surface area contributed by atoms with Crippen molar-refractivity contribution in [3.05, 3.63) is 61.2 Å². The van der Waals surface area contributed by atoms with Crippen molar-refractivity contribution < 1.29 is 9.13 Å². The highest BCUT2D eigenvalue weighted by Crippen LogP contribution is 2.10. The number of nitrogens with zero attached hydrogens (tertiary/aromatic N) is 4. The average Bonchev–Trinajstić information content (AvgIpc) is 3.07. The van der Waals surface area contributed by atoms with Crippen molar-refractivity contribution in [1.82, 2.24) is 9.13 Å². The van der Waals surface area contributed by atoms with Crippen LogP contribution >= 0.6 is 0 Å². The molecule has 116 valence electrons. The molecule has 0 saturated carbocycles. The van der Waals surface area contributed by atoms with E-state index in [-0.39, 0.29) is 0 Å². The molecule has 0 N–H and O–H groups in total. The lowest BCUT2D eigenvalue weighted by Crippen LogP contribution is -2.38. The Morgan fingerprint density at radius 1 is 0.739 bits per heavy atom. The summed E-state index contributed by atoms with van der Waals surface area (Å²) < 4.78 is 8.54. The van der Waals surface area contributed by atoms with Crippen molar-refractivity contribution in [2.24, 2.45) is 14.1 Å². The van der Waals surface area contributed by atoms with Crippen molar-refractivity contribution in [3.8, 4) is 0 Å². The van der Waals surface area contributed by atoms with Gasteiger partial charge in [0.2, 0.25) is 12.7 Å². The Kier molecular flexibility index (Phi) is 3.37. The van der Waals surface area contributed by atoms with Crippen LogP contribution in [0.4, 0.5) is 0 Å².